The van der Waals surface area contributed by atoms with Crippen molar-refractivity contribution in [2.75, 3.05) is 6.26 Å². The van der Waals surface area contributed by atoms with Crippen LogP contribution in [0.5, 0.6) is 0 Å². The summed E-state index contributed by atoms with van der Waals surface area (Å²) in [7, 11) is -3.14. The molecular weight excluding hydrogens is 244 g/mol. The van der Waals surface area contributed by atoms with Gasteiger partial charge in [-0.3, -0.25) is 0 Å². The van der Waals surface area contributed by atoms with E-state index in [4.69, 9.17) is 11.6 Å². The van der Waals surface area contributed by atoms with Gasteiger partial charge < -0.3 is 0 Å². The lowest BCUT2D eigenvalue weighted by atomic mass is 10.1. The van der Waals surface area contributed by atoms with E-state index in [1.54, 1.807) is 12.1 Å². The SMILES string of the molecule is CS(=O)(=O)c1ccccc1CC(Cl)C1CC1. The molecule has 0 saturated heterocycles. The van der Waals surface area contributed by atoms with Crippen LogP contribution in [-0.2, 0) is 16.3 Å². The van der Waals surface area contributed by atoms with Crippen LogP contribution in [0.15, 0.2) is 29.2 Å². The molecule has 1 aliphatic carbocycles. The summed E-state index contributed by atoms with van der Waals surface area (Å²) in [5, 5.41) is 0.0721. The molecule has 0 radical (unpaired) electrons. The average molecular weight is 259 g/mol. The van der Waals surface area contributed by atoms with Crippen molar-refractivity contribution in [1.29, 1.82) is 0 Å². The van der Waals surface area contributed by atoms with Crippen molar-refractivity contribution < 1.29 is 8.42 Å². The van der Waals surface area contributed by atoms with Gasteiger partial charge in [0.05, 0.1) is 4.90 Å². The van der Waals surface area contributed by atoms with Gasteiger partial charge >= 0.3 is 0 Å². The lowest BCUT2D eigenvalue weighted by Gasteiger charge is -2.11. The number of hydrogen-bond acceptors (Lipinski definition) is 2. The van der Waals surface area contributed by atoms with E-state index in [1.807, 2.05) is 12.1 Å². The van der Waals surface area contributed by atoms with Gasteiger partial charge in [0.1, 0.15) is 0 Å². The Hall–Kier alpha value is -0.540. The highest BCUT2D eigenvalue weighted by Crippen LogP contribution is 2.37. The largest absolute Gasteiger partial charge is 0.224 e. The Bertz CT molecular complexity index is 478. The Morgan fingerprint density at radius 2 is 2.00 bits per heavy atom. The summed E-state index contributed by atoms with van der Waals surface area (Å²) in [6, 6.07) is 7.12. The molecule has 0 aromatic heterocycles. The predicted octanol–water partition coefficient (Wildman–Crippen LogP) is 2.65. The fourth-order valence-corrected chi connectivity index (χ4v) is 3.24. The molecule has 1 atom stereocenters. The molecule has 2 nitrogen and oxygen atoms in total. The van der Waals surface area contributed by atoms with Gasteiger partial charge in [0.15, 0.2) is 9.84 Å². The molecule has 1 aliphatic rings. The maximum atomic E-state index is 11.6. The Balaban J connectivity index is 2.26. The second-order valence-electron chi connectivity index (χ2n) is 4.44. The lowest BCUT2D eigenvalue weighted by Crippen LogP contribution is -2.10. The van der Waals surface area contributed by atoms with Gasteiger partial charge in [-0.2, -0.15) is 0 Å². The predicted molar refractivity (Wildman–Crippen MR) is 65.6 cm³/mol. The standard InChI is InChI=1S/C12H15ClO2S/c1-16(14,15)12-5-3-2-4-10(12)8-11(13)9-6-7-9/h2-5,9,11H,6-8H2,1H3. The number of alkyl halides is 1. The van der Waals surface area contributed by atoms with Crippen molar-refractivity contribution in [2.24, 2.45) is 5.92 Å². The summed E-state index contributed by atoms with van der Waals surface area (Å²) in [5.41, 5.74) is 0.844. The first kappa shape index (κ1) is 11.9. The minimum Gasteiger partial charge on any atom is -0.224 e. The Kier molecular flexibility index (Phi) is 3.27. The summed E-state index contributed by atoms with van der Waals surface area (Å²) in [4.78, 5) is 0.418. The van der Waals surface area contributed by atoms with Gasteiger partial charge in [-0.1, -0.05) is 18.2 Å². The van der Waals surface area contributed by atoms with Crippen molar-refractivity contribution >= 4 is 21.4 Å². The third kappa shape index (κ3) is 2.77. The van der Waals surface area contributed by atoms with Crippen LogP contribution in [-0.4, -0.2) is 20.1 Å². The van der Waals surface area contributed by atoms with Crippen LogP contribution >= 0.6 is 11.6 Å². The first-order chi connectivity index (χ1) is 7.48. The number of halogens is 1. The molecule has 1 aromatic carbocycles. The van der Waals surface area contributed by atoms with E-state index in [-0.39, 0.29) is 5.38 Å². The molecule has 0 bridgehead atoms. The van der Waals surface area contributed by atoms with Gasteiger partial charge in [0, 0.05) is 11.6 Å². The van der Waals surface area contributed by atoms with Gasteiger partial charge in [0.2, 0.25) is 0 Å². The van der Waals surface area contributed by atoms with Crippen LogP contribution in [0.1, 0.15) is 18.4 Å². The topological polar surface area (TPSA) is 34.1 Å². The van der Waals surface area contributed by atoms with Gasteiger partial charge in [-0.25, -0.2) is 8.42 Å². The number of sulfone groups is 1. The molecule has 1 saturated carbocycles. The van der Waals surface area contributed by atoms with Crippen molar-refractivity contribution in [3.63, 3.8) is 0 Å². The molecule has 1 aromatic rings. The molecule has 0 N–H and O–H groups in total. The van der Waals surface area contributed by atoms with Crippen molar-refractivity contribution in [1.82, 2.24) is 0 Å². The molecular formula is C12H15ClO2S. The molecule has 0 amide bonds. The average Bonchev–Trinajstić information content (AvgIpc) is 2.99. The van der Waals surface area contributed by atoms with E-state index >= 15 is 0 Å². The van der Waals surface area contributed by atoms with Crippen molar-refractivity contribution in [3.05, 3.63) is 29.8 Å². The first-order valence-corrected chi connectivity index (χ1v) is 7.73. The zero-order chi connectivity index (χ0) is 11.8. The fraction of sp³-hybridized carbons (Fsp3) is 0.500. The molecule has 0 spiro atoms. The molecule has 0 aliphatic heterocycles. The second kappa shape index (κ2) is 4.38. The summed E-state index contributed by atoms with van der Waals surface area (Å²) in [6.45, 7) is 0. The maximum absolute atomic E-state index is 11.6. The fourth-order valence-electron chi connectivity index (χ4n) is 1.87. The van der Waals surface area contributed by atoms with E-state index in [0.29, 0.717) is 17.2 Å². The summed E-state index contributed by atoms with van der Waals surface area (Å²) >= 11 is 6.24. The van der Waals surface area contributed by atoms with E-state index in [9.17, 15) is 8.42 Å². The molecule has 1 unspecified atom stereocenters. The van der Waals surface area contributed by atoms with E-state index in [0.717, 1.165) is 5.56 Å². The third-order valence-corrected chi connectivity index (χ3v) is 4.63. The maximum Gasteiger partial charge on any atom is 0.175 e. The van der Waals surface area contributed by atoms with Crippen LogP contribution in [0.2, 0.25) is 0 Å². The Labute approximate surface area is 102 Å². The van der Waals surface area contributed by atoms with Crippen LogP contribution < -0.4 is 0 Å². The molecule has 4 heteroatoms. The van der Waals surface area contributed by atoms with Gasteiger partial charge in [-0.15, -0.1) is 11.6 Å². The van der Waals surface area contributed by atoms with Crippen LogP contribution in [0.3, 0.4) is 0 Å². The van der Waals surface area contributed by atoms with Crippen molar-refractivity contribution in [3.8, 4) is 0 Å². The van der Waals surface area contributed by atoms with E-state index in [2.05, 4.69) is 0 Å². The van der Waals surface area contributed by atoms with Crippen molar-refractivity contribution in [2.45, 2.75) is 29.5 Å². The zero-order valence-electron chi connectivity index (χ0n) is 9.19. The summed E-state index contributed by atoms with van der Waals surface area (Å²) in [6.07, 6.45) is 4.24. The number of hydrogen-bond donors (Lipinski definition) is 0. The molecule has 1 fully saturated rings. The quantitative estimate of drug-likeness (QED) is 0.778. The first-order valence-electron chi connectivity index (χ1n) is 5.40. The molecule has 88 valence electrons. The van der Waals surface area contributed by atoms with Gasteiger partial charge in [0.25, 0.3) is 0 Å². The lowest BCUT2D eigenvalue weighted by molar-refractivity contribution is 0.600. The monoisotopic (exact) mass is 258 g/mol. The van der Waals surface area contributed by atoms with E-state index < -0.39 is 9.84 Å². The highest BCUT2D eigenvalue weighted by molar-refractivity contribution is 7.90. The minimum absolute atomic E-state index is 0.0721. The van der Waals surface area contributed by atoms with Gasteiger partial charge in [-0.05, 0) is 36.8 Å². The normalized spacial score (nSPS) is 18.4. The summed E-state index contributed by atoms with van der Waals surface area (Å²) < 4.78 is 23.2. The number of benzene rings is 1. The van der Waals surface area contributed by atoms with Crippen LogP contribution in [0.4, 0.5) is 0 Å². The Morgan fingerprint density at radius 3 is 2.56 bits per heavy atom. The zero-order valence-corrected chi connectivity index (χ0v) is 10.8. The van der Waals surface area contributed by atoms with Crippen LogP contribution in [0.25, 0.3) is 0 Å². The molecule has 16 heavy (non-hydrogen) atoms. The summed E-state index contributed by atoms with van der Waals surface area (Å²) in [5.74, 6) is 0.578. The molecule has 0 heterocycles. The molecule has 2 rings (SSSR count). The third-order valence-electron chi connectivity index (χ3n) is 2.92. The highest BCUT2D eigenvalue weighted by Gasteiger charge is 2.30. The van der Waals surface area contributed by atoms with Crippen LogP contribution in [0, 0.1) is 5.92 Å². The highest BCUT2D eigenvalue weighted by atomic mass is 35.5. The minimum atomic E-state index is -3.14. The Morgan fingerprint density at radius 1 is 1.38 bits per heavy atom. The smallest absolute Gasteiger partial charge is 0.175 e. The van der Waals surface area contributed by atoms with E-state index in [1.165, 1.54) is 19.1 Å². The number of rotatable bonds is 4. The second-order valence-corrected chi connectivity index (χ2v) is 6.98.